The van der Waals surface area contributed by atoms with Gasteiger partial charge in [-0.1, -0.05) is 18.2 Å². The number of aliphatic imine (C=N–C) groups is 1. The van der Waals surface area contributed by atoms with E-state index in [0.29, 0.717) is 24.6 Å². The van der Waals surface area contributed by atoms with E-state index in [9.17, 15) is 13.9 Å². The van der Waals surface area contributed by atoms with Gasteiger partial charge in [0, 0.05) is 32.2 Å². The maximum Gasteiger partial charge on any atom is 0.191 e. The van der Waals surface area contributed by atoms with Crippen LogP contribution in [0.1, 0.15) is 37.0 Å². The van der Waals surface area contributed by atoms with Gasteiger partial charge in [-0.2, -0.15) is 0 Å². The van der Waals surface area contributed by atoms with Crippen LogP contribution in [0, 0.1) is 11.6 Å². The highest BCUT2D eigenvalue weighted by atomic mass is 127. The Labute approximate surface area is 211 Å². The standard InChI is InChI=1S/C24H32F2N4O2.HI/c1-3-27-24(28-15-22(31)18-5-7-19(25)8-6-18)29-20-10-12-30(13-11-20)16-17-4-9-23(32-2)21(26)14-17;/h4-9,14,20,22,31H,3,10-13,15-16H2,1-2H3,(H2,27,28,29);1H. The van der Waals surface area contributed by atoms with Gasteiger partial charge in [0.05, 0.1) is 19.8 Å². The summed E-state index contributed by atoms with van der Waals surface area (Å²) < 4.78 is 32.0. The SMILES string of the molecule is CCNC(=NCC(O)c1ccc(F)cc1)NC1CCN(Cc2ccc(OC)c(F)c2)CC1.I. The van der Waals surface area contributed by atoms with E-state index in [4.69, 9.17) is 4.74 Å². The fourth-order valence-electron chi connectivity index (χ4n) is 3.78. The summed E-state index contributed by atoms with van der Waals surface area (Å²) in [5.41, 5.74) is 1.56. The Bertz CT molecular complexity index is 891. The van der Waals surface area contributed by atoms with E-state index >= 15 is 0 Å². The summed E-state index contributed by atoms with van der Waals surface area (Å²) >= 11 is 0. The molecule has 1 heterocycles. The van der Waals surface area contributed by atoms with Crippen LogP contribution >= 0.6 is 24.0 Å². The number of nitrogens with one attached hydrogen (secondary N) is 2. The Morgan fingerprint density at radius 3 is 2.48 bits per heavy atom. The smallest absolute Gasteiger partial charge is 0.191 e. The number of aliphatic hydroxyl groups excluding tert-OH is 1. The molecule has 0 bridgehead atoms. The molecule has 1 aliphatic heterocycles. The monoisotopic (exact) mass is 574 g/mol. The van der Waals surface area contributed by atoms with E-state index in [2.05, 4.69) is 20.5 Å². The minimum absolute atomic E-state index is 0. The molecule has 9 heteroatoms. The van der Waals surface area contributed by atoms with Crippen molar-refractivity contribution in [3.8, 4) is 5.75 Å². The largest absolute Gasteiger partial charge is 0.494 e. The molecule has 3 rings (SSSR count). The van der Waals surface area contributed by atoms with Crippen LogP contribution in [0.15, 0.2) is 47.5 Å². The summed E-state index contributed by atoms with van der Waals surface area (Å²) in [6, 6.07) is 11.2. The van der Waals surface area contributed by atoms with Gasteiger partial charge >= 0.3 is 0 Å². The first-order chi connectivity index (χ1) is 15.5. The van der Waals surface area contributed by atoms with Crippen LogP contribution in [-0.2, 0) is 6.54 Å². The molecular weight excluding hydrogens is 541 g/mol. The predicted molar refractivity (Wildman–Crippen MR) is 137 cm³/mol. The fraction of sp³-hybridized carbons (Fsp3) is 0.458. The van der Waals surface area contributed by atoms with Crippen molar-refractivity contribution < 1.29 is 18.6 Å². The number of ether oxygens (including phenoxy) is 1. The molecular formula is C24H33F2IN4O2. The summed E-state index contributed by atoms with van der Waals surface area (Å²) in [5, 5.41) is 17.0. The zero-order valence-electron chi connectivity index (χ0n) is 19.1. The number of guanidine groups is 1. The number of aliphatic hydroxyl groups is 1. The maximum atomic E-state index is 13.9. The molecule has 33 heavy (non-hydrogen) atoms. The lowest BCUT2D eigenvalue weighted by Crippen LogP contribution is -2.48. The zero-order valence-corrected chi connectivity index (χ0v) is 21.4. The Balaban J connectivity index is 0.00000385. The highest BCUT2D eigenvalue weighted by Crippen LogP contribution is 2.20. The van der Waals surface area contributed by atoms with Gasteiger partial charge in [-0.15, -0.1) is 24.0 Å². The molecule has 0 radical (unpaired) electrons. The van der Waals surface area contributed by atoms with Gasteiger partial charge in [-0.05, 0) is 55.2 Å². The molecule has 1 saturated heterocycles. The van der Waals surface area contributed by atoms with E-state index in [0.717, 1.165) is 31.5 Å². The van der Waals surface area contributed by atoms with Gasteiger partial charge in [-0.3, -0.25) is 9.89 Å². The van der Waals surface area contributed by atoms with Crippen molar-refractivity contribution >= 4 is 29.9 Å². The molecule has 1 aliphatic rings. The molecule has 0 aliphatic carbocycles. The van der Waals surface area contributed by atoms with Crippen LogP contribution in [0.2, 0.25) is 0 Å². The Kier molecular flexibility index (Phi) is 11.3. The van der Waals surface area contributed by atoms with Crippen molar-refractivity contribution in [2.75, 3.05) is 33.3 Å². The van der Waals surface area contributed by atoms with Crippen molar-refractivity contribution in [3.63, 3.8) is 0 Å². The van der Waals surface area contributed by atoms with Crippen molar-refractivity contribution in [3.05, 3.63) is 65.2 Å². The van der Waals surface area contributed by atoms with Gasteiger partial charge in [0.25, 0.3) is 0 Å². The second-order valence-electron chi connectivity index (χ2n) is 7.95. The Morgan fingerprint density at radius 2 is 1.88 bits per heavy atom. The molecule has 6 nitrogen and oxygen atoms in total. The minimum Gasteiger partial charge on any atom is -0.494 e. The van der Waals surface area contributed by atoms with Crippen LogP contribution in [-0.4, -0.2) is 55.3 Å². The van der Waals surface area contributed by atoms with E-state index in [1.165, 1.54) is 25.3 Å². The highest BCUT2D eigenvalue weighted by Gasteiger charge is 2.20. The maximum absolute atomic E-state index is 13.9. The summed E-state index contributed by atoms with van der Waals surface area (Å²) in [4.78, 5) is 6.81. The summed E-state index contributed by atoms with van der Waals surface area (Å²) in [6.07, 6.45) is 1.07. The average Bonchev–Trinajstić information content (AvgIpc) is 2.79. The van der Waals surface area contributed by atoms with Crippen LogP contribution in [0.25, 0.3) is 0 Å². The number of methoxy groups -OCH3 is 1. The lowest BCUT2D eigenvalue weighted by Gasteiger charge is -2.33. The third-order valence-electron chi connectivity index (χ3n) is 5.57. The first kappa shape index (κ1) is 27.3. The third kappa shape index (κ3) is 8.38. The van der Waals surface area contributed by atoms with Gasteiger partial charge < -0.3 is 20.5 Å². The average molecular weight is 574 g/mol. The van der Waals surface area contributed by atoms with Crippen LogP contribution < -0.4 is 15.4 Å². The van der Waals surface area contributed by atoms with Crippen molar-refractivity contribution in [1.29, 1.82) is 0 Å². The molecule has 1 unspecified atom stereocenters. The van der Waals surface area contributed by atoms with Crippen LogP contribution in [0.4, 0.5) is 8.78 Å². The van der Waals surface area contributed by atoms with Gasteiger partial charge in [0.15, 0.2) is 17.5 Å². The minimum atomic E-state index is -0.794. The molecule has 1 atom stereocenters. The fourth-order valence-corrected chi connectivity index (χ4v) is 3.78. The quantitative estimate of drug-likeness (QED) is 0.254. The van der Waals surface area contributed by atoms with Gasteiger partial charge in [0.2, 0.25) is 0 Å². The molecule has 2 aromatic carbocycles. The summed E-state index contributed by atoms with van der Waals surface area (Å²) in [6.45, 7) is 5.37. The number of piperidine rings is 1. The number of benzene rings is 2. The molecule has 182 valence electrons. The van der Waals surface area contributed by atoms with Gasteiger partial charge in [0.1, 0.15) is 5.82 Å². The van der Waals surface area contributed by atoms with Gasteiger partial charge in [-0.25, -0.2) is 8.78 Å². The lowest BCUT2D eigenvalue weighted by molar-refractivity contribution is 0.186. The van der Waals surface area contributed by atoms with E-state index in [1.54, 1.807) is 18.2 Å². The zero-order chi connectivity index (χ0) is 22.9. The van der Waals surface area contributed by atoms with Crippen LogP contribution in [0.3, 0.4) is 0 Å². The first-order valence-electron chi connectivity index (χ1n) is 11.0. The number of nitrogens with zero attached hydrogens (tertiary/aromatic N) is 2. The van der Waals surface area contributed by atoms with Crippen molar-refractivity contribution in [2.45, 2.75) is 38.5 Å². The second-order valence-corrected chi connectivity index (χ2v) is 7.95. The predicted octanol–water partition coefficient (Wildman–Crippen LogP) is 3.84. The molecule has 1 fully saturated rings. The molecule has 0 amide bonds. The number of hydrogen-bond acceptors (Lipinski definition) is 4. The highest BCUT2D eigenvalue weighted by molar-refractivity contribution is 14.0. The number of likely N-dealkylation sites (tertiary alicyclic amines) is 1. The molecule has 0 aromatic heterocycles. The third-order valence-corrected chi connectivity index (χ3v) is 5.57. The summed E-state index contributed by atoms with van der Waals surface area (Å²) in [7, 11) is 1.46. The number of rotatable bonds is 8. The van der Waals surface area contributed by atoms with E-state index < -0.39 is 6.10 Å². The molecule has 0 saturated carbocycles. The van der Waals surface area contributed by atoms with Crippen LogP contribution in [0.5, 0.6) is 5.75 Å². The van der Waals surface area contributed by atoms with E-state index in [-0.39, 0.29) is 53.9 Å². The van der Waals surface area contributed by atoms with Crippen molar-refractivity contribution in [1.82, 2.24) is 15.5 Å². The molecule has 2 aromatic rings. The number of halogens is 3. The second kappa shape index (κ2) is 13.7. The lowest BCUT2D eigenvalue weighted by atomic mass is 10.0. The Morgan fingerprint density at radius 1 is 1.18 bits per heavy atom. The van der Waals surface area contributed by atoms with Crippen molar-refractivity contribution in [2.24, 2.45) is 4.99 Å². The molecule has 3 N–H and O–H groups in total. The molecule has 0 spiro atoms. The topological polar surface area (TPSA) is 69.1 Å². The normalized spacial score (nSPS) is 16.1. The summed E-state index contributed by atoms with van der Waals surface area (Å²) in [5.74, 6) is 0.250. The number of hydrogen-bond donors (Lipinski definition) is 3. The van der Waals surface area contributed by atoms with E-state index in [1.807, 2.05) is 13.0 Å². The Hall–Kier alpha value is -1.98. The first-order valence-corrected chi connectivity index (χ1v) is 11.0.